The summed E-state index contributed by atoms with van der Waals surface area (Å²) in [6.45, 7) is 5.75. The first kappa shape index (κ1) is 16.2. The molecule has 0 unspecified atom stereocenters. The number of rotatable bonds is 6. The molecular formula is C15H21N7O2. The maximum Gasteiger partial charge on any atom is 0.274 e. The molecule has 9 nitrogen and oxygen atoms in total. The van der Waals surface area contributed by atoms with Crippen LogP contribution in [0.4, 0.5) is 0 Å². The highest BCUT2D eigenvalue weighted by Crippen LogP contribution is 2.15. The lowest BCUT2D eigenvalue weighted by Gasteiger charge is -2.25. The maximum atomic E-state index is 12.3. The molecule has 9 heteroatoms. The Morgan fingerprint density at radius 3 is 3.04 bits per heavy atom. The molecule has 2 aromatic rings. The fraction of sp³-hybridized carbons (Fsp3) is 0.533. The summed E-state index contributed by atoms with van der Waals surface area (Å²) in [4.78, 5) is 28.5. The van der Waals surface area contributed by atoms with Crippen molar-refractivity contribution in [2.75, 3.05) is 6.54 Å². The molecule has 0 spiro atoms. The Hall–Kier alpha value is -2.71. The summed E-state index contributed by atoms with van der Waals surface area (Å²) in [5.41, 5.74) is 0.302. The fourth-order valence-electron chi connectivity index (χ4n) is 2.83. The van der Waals surface area contributed by atoms with Gasteiger partial charge >= 0.3 is 0 Å². The van der Waals surface area contributed by atoms with E-state index in [1.54, 1.807) is 12.5 Å². The highest BCUT2D eigenvalue weighted by molar-refractivity contribution is 6.05. The molecule has 0 aliphatic carbocycles. The number of carbonyl (C=O) groups is 2. The minimum Gasteiger partial charge on any atom is -0.349 e. The Labute approximate surface area is 139 Å². The predicted molar refractivity (Wildman–Crippen MR) is 85.3 cm³/mol. The van der Waals surface area contributed by atoms with E-state index in [0.717, 1.165) is 6.42 Å². The third kappa shape index (κ3) is 3.44. The lowest BCUT2D eigenvalue weighted by atomic mass is 10.0. The van der Waals surface area contributed by atoms with E-state index in [0.29, 0.717) is 25.6 Å². The van der Waals surface area contributed by atoms with Gasteiger partial charge in [0.1, 0.15) is 0 Å². The van der Waals surface area contributed by atoms with Crippen molar-refractivity contribution in [2.45, 2.75) is 39.4 Å². The number of imidazole rings is 1. The van der Waals surface area contributed by atoms with Gasteiger partial charge < -0.3 is 15.2 Å². The summed E-state index contributed by atoms with van der Waals surface area (Å²) in [5.74, 6) is -0.225. The Bertz CT molecular complexity index is 720. The summed E-state index contributed by atoms with van der Waals surface area (Å²) in [6.07, 6.45) is 6.02. The molecule has 2 N–H and O–H groups in total. The molecule has 3 rings (SSSR count). The average molecular weight is 331 g/mol. The van der Waals surface area contributed by atoms with Gasteiger partial charge in [-0.05, 0) is 12.3 Å². The molecule has 0 aromatic carbocycles. The van der Waals surface area contributed by atoms with Gasteiger partial charge in [-0.2, -0.15) is 0 Å². The van der Waals surface area contributed by atoms with Crippen LogP contribution in [-0.4, -0.2) is 48.9 Å². The topological polar surface area (TPSA) is 107 Å². The number of nitrogens with zero attached hydrogens (tertiary/aromatic N) is 5. The number of hydrogen-bond acceptors (Lipinski definition) is 5. The zero-order chi connectivity index (χ0) is 17.1. The van der Waals surface area contributed by atoms with Gasteiger partial charge in [0.15, 0.2) is 11.4 Å². The summed E-state index contributed by atoms with van der Waals surface area (Å²) < 4.78 is 3.38. The third-order valence-corrected chi connectivity index (χ3v) is 3.86. The van der Waals surface area contributed by atoms with E-state index in [2.05, 4.69) is 39.8 Å². The molecule has 0 saturated heterocycles. The molecule has 24 heavy (non-hydrogen) atoms. The molecule has 0 bridgehead atoms. The highest BCUT2D eigenvalue weighted by Gasteiger charge is 2.32. The quantitative estimate of drug-likeness (QED) is 0.778. The summed E-state index contributed by atoms with van der Waals surface area (Å²) >= 11 is 0. The standard InChI is InChI=1S/C15H21N7O2/c1-10(2)7-11-8-22-13(15(24)18-11)12(19-20-22)14(23)17-4-6-21-5-3-16-9-21/h3,5,9-11H,4,6-8H2,1-2H3,(H,17,23)(H,18,24)/t11-/m0/s1. The van der Waals surface area contributed by atoms with Gasteiger partial charge in [-0.15, -0.1) is 5.10 Å². The van der Waals surface area contributed by atoms with Crippen molar-refractivity contribution in [3.8, 4) is 0 Å². The zero-order valence-corrected chi connectivity index (χ0v) is 13.8. The lowest BCUT2D eigenvalue weighted by Crippen LogP contribution is -2.46. The van der Waals surface area contributed by atoms with Gasteiger partial charge in [-0.3, -0.25) is 9.59 Å². The van der Waals surface area contributed by atoms with Crippen LogP contribution in [0.5, 0.6) is 0 Å². The van der Waals surface area contributed by atoms with Crippen molar-refractivity contribution in [1.82, 2.24) is 35.2 Å². The molecule has 0 radical (unpaired) electrons. The van der Waals surface area contributed by atoms with Crippen molar-refractivity contribution in [3.05, 3.63) is 30.1 Å². The minimum atomic E-state index is -0.395. The van der Waals surface area contributed by atoms with Gasteiger partial charge in [0, 0.05) is 31.5 Å². The Kier molecular flexibility index (Phi) is 4.59. The molecule has 0 saturated carbocycles. The van der Waals surface area contributed by atoms with Crippen LogP contribution < -0.4 is 10.6 Å². The van der Waals surface area contributed by atoms with Gasteiger partial charge in [-0.25, -0.2) is 9.67 Å². The first-order valence-electron chi connectivity index (χ1n) is 8.03. The van der Waals surface area contributed by atoms with Crippen LogP contribution in [0.15, 0.2) is 18.7 Å². The second-order valence-electron chi connectivity index (χ2n) is 6.33. The molecular weight excluding hydrogens is 310 g/mol. The molecule has 2 aromatic heterocycles. The van der Waals surface area contributed by atoms with Gasteiger partial charge in [0.25, 0.3) is 11.8 Å². The number of hydrogen-bond donors (Lipinski definition) is 2. The molecule has 1 atom stereocenters. The monoisotopic (exact) mass is 331 g/mol. The Balaban J connectivity index is 1.64. The van der Waals surface area contributed by atoms with Crippen LogP contribution in [0, 0.1) is 5.92 Å². The van der Waals surface area contributed by atoms with E-state index >= 15 is 0 Å². The second-order valence-corrected chi connectivity index (χ2v) is 6.33. The fourth-order valence-corrected chi connectivity index (χ4v) is 2.83. The largest absolute Gasteiger partial charge is 0.349 e. The zero-order valence-electron chi connectivity index (χ0n) is 13.8. The third-order valence-electron chi connectivity index (χ3n) is 3.86. The smallest absolute Gasteiger partial charge is 0.274 e. The second kappa shape index (κ2) is 6.81. The van der Waals surface area contributed by atoms with Gasteiger partial charge in [0.05, 0.1) is 12.9 Å². The molecule has 2 amide bonds. The van der Waals surface area contributed by atoms with Crippen LogP contribution in [0.25, 0.3) is 0 Å². The number of fused-ring (bicyclic) bond motifs is 1. The van der Waals surface area contributed by atoms with Crippen molar-refractivity contribution < 1.29 is 9.59 Å². The van der Waals surface area contributed by atoms with Crippen LogP contribution in [0.2, 0.25) is 0 Å². The minimum absolute atomic E-state index is 0.0175. The lowest BCUT2D eigenvalue weighted by molar-refractivity contribution is 0.0870. The van der Waals surface area contributed by atoms with Crippen molar-refractivity contribution >= 4 is 11.8 Å². The van der Waals surface area contributed by atoms with Crippen LogP contribution in [0.1, 0.15) is 41.2 Å². The molecule has 3 heterocycles. The molecule has 0 fully saturated rings. The van der Waals surface area contributed by atoms with Crippen molar-refractivity contribution in [2.24, 2.45) is 5.92 Å². The predicted octanol–water partition coefficient (Wildman–Crippen LogP) is 0.0627. The van der Waals surface area contributed by atoms with E-state index in [1.165, 1.54) is 4.68 Å². The maximum absolute atomic E-state index is 12.3. The van der Waals surface area contributed by atoms with E-state index in [-0.39, 0.29) is 23.3 Å². The first-order chi connectivity index (χ1) is 11.5. The summed E-state index contributed by atoms with van der Waals surface area (Å²) in [6, 6.07) is 0.0175. The van der Waals surface area contributed by atoms with Crippen molar-refractivity contribution in [3.63, 3.8) is 0 Å². The Morgan fingerprint density at radius 2 is 2.33 bits per heavy atom. The van der Waals surface area contributed by atoms with Crippen molar-refractivity contribution in [1.29, 1.82) is 0 Å². The number of amides is 2. The summed E-state index contributed by atoms with van der Waals surface area (Å²) in [7, 11) is 0. The number of nitrogens with one attached hydrogen (secondary N) is 2. The number of carbonyl (C=O) groups excluding carboxylic acids is 2. The van der Waals surface area contributed by atoms with E-state index in [9.17, 15) is 9.59 Å². The van der Waals surface area contributed by atoms with Crippen LogP contribution >= 0.6 is 0 Å². The average Bonchev–Trinajstić information content (AvgIpc) is 3.15. The van der Waals surface area contributed by atoms with Crippen LogP contribution in [0.3, 0.4) is 0 Å². The molecule has 128 valence electrons. The SMILES string of the molecule is CC(C)C[C@H]1Cn2nnc(C(=O)NCCn3ccnc3)c2C(=O)N1. The highest BCUT2D eigenvalue weighted by atomic mass is 16.2. The van der Waals surface area contributed by atoms with E-state index in [1.807, 2.05) is 10.8 Å². The van der Waals surface area contributed by atoms with E-state index in [4.69, 9.17) is 0 Å². The normalized spacial score (nSPS) is 16.8. The summed E-state index contributed by atoms with van der Waals surface area (Å²) in [5, 5.41) is 13.6. The molecule has 1 aliphatic heterocycles. The van der Waals surface area contributed by atoms with Crippen LogP contribution in [-0.2, 0) is 13.1 Å². The number of aromatic nitrogens is 5. The first-order valence-corrected chi connectivity index (χ1v) is 8.03. The van der Waals surface area contributed by atoms with Gasteiger partial charge in [-0.1, -0.05) is 19.1 Å². The molecule has 1 aliphatic rings. The van der Waals surface area contributed by atoms with E-state index < -0.39 is 5.91 Å². The van der Waals surface area contributed by atoms with Gasteiger partial charge in [0.2, 0.25) is 0 Å². The Morgan fingerprint density at radius 1 is 1.50 bits per heavy atom.